The molecule has 1 nitrogen and oxygen atoms in total. The van der Waals surface area contributed by atoms with Gasteiger partial charge in [0.2, 0.25) is 0 Å². The van der Waals surface area contributed by atoms with Crippen LogP contribution in [0, 0.1) is 0 Å². The summed E-state index contributed by atoms with van der Waals surface area (Å²) >= 11 is 3.74. The van der Waals surface area contributed by atoms with Crippen LogP contribution in [0.1, 0.15) is 18.7 Å². The Morgan fingerprint density at radius 1 is 1.50 bits per heavy atom. The monoisotopic (exact) mass is 229 g/mol. The summed E-state index contributed by atoms with van der Waals surface area (Å²) in [5.74, 6) is 1.19. The predicted octanol–water partition coefficient (Wildman–Crippen LogP) is 2.98. The van der Waals surface area contributed by atoms with Crippen molar-refractivity contribution in [3.05, 3.63) is 22.4 Å². The molecular formula is C11H19NS2. The van der Waals surface area contributed by atoms with E-state index in [4.69, 9.17) is 0 Å². The van der Waals surface area contributed by atoms with Gasteiger partial charge in [-0.05, 0) is 17.7 Å². The molecule has 0 fully saturated rings. The van der Waals surface area contributed by atoms with Crippen LogP contribution < -0.4 is 5.32 Å². The summed E-state index contributed by atoms with van der Waals surface area (Å²) in [6.07, 6.45) is 2.14. The van der Waals surface area contributed by atoms with Gasteiger partial charge in [0.25, 0.3) is 0 Å². The van der Waals surface area contributed by atoms with Crippen molar-refractivity contribution in [3.8, 4) is 0 Å². The molecule has 0 spiro atoms. The van der Waals surface area contributed by atoms with E-state index in [9.17, 15) is 0 Å². The van der Waals surface area contributed by atoms with Crippen molar-refractivity contribution in [2.45, 2.75) is 19.3 Å². The molecule has 0 aliphatic carbocycles. The third kappa shape index (κ3) is 3.64. The first-order valence-corrected chi connectivity index (χ1v) is 7.18. The van der Waals surface area contributed by atoms with Crippen molar-refractivity contribution in [3.63, 3.8) is 0 Å². The minimum Gasteiger partial charge on any atom is -0.315 e. The van der Waals surface area contributed by atoms with Gasteiger partial charge in [-0.3, -0.25) is 0 Å². The van der Waals surface area contributed by atoms with Crippen LogP contribution in [-0.4, -0.2) is 25.1 Å². The quantitative estimate of drug-likeness (QED) is 0.753. The lowest BCUT2D eigenvalue weighted by Gasteiger charge is -2.23. The fourth-order valence-electron chi connectivity index (χ4n) is 1.33. The highest BCUT2D eigenvalue weighted by atomic mass is 32.2. The maximum absolute atomic E-state index is 3.50. The Morgan fingerprint density at radius 2 is 2.29 bits per heavy atom. The number of thiophene rings is 1. The zero-order valence-corrected chi connectivity index (χ0v) is 10.8. The number of hydrogen-bond acceptors (Lipinski definition) is 3. The first-order valence-electron chi connectivity index (χ1n) is 4.90. The molecule has 0 saturated carbocycles. The second-order valence-electron chi connectivity index (χ2n) is 4.03. The Kier molecular flexibility index (Phi) is 4.99. The highest BCUT2D eigenvalue weighted by Crippen LogP contribution is 2.26. The molecule has 0 aliphatic rings. The number of nitrogens with one attached hydrogen (secondary N) is 1. The van der Waals surface area contributed by atoms with Gasteiger partial charge in [0.05, 0.1) is 0 Å². The zero-order chi connectivity index (χ0) is 10.4. The first kappa shape index (κ1) is 12.1. The maximum atomic E-state index is 3.50. The van der Waals surface area contributed by atoms with Crippen molar-refractivity contribution in [1.82, 2.24) is 5.32 Å². The van der Waals surface area contributed by atoms with Crippen LogP contribution in [0.25, 0.3) is 0 Å². The summed E-state index contributed by atoms with van der Waals surface area (Å²) in [4.78, 5) is 1.47. The van der Waals surface area contributed by atoms with E-state index in [-0.39, 0.29) is 5.41 Å². The van der Waals surface area contributed by atoms with Crippen LogP contribution in [0.3, 0.4) is 0 Å². The van der Waals surface area contributed by atoms with Crippen LogP contribution >= 0.6 is 23.1 Å². The van der Waals surface area contributed by atoms with Gasteiger partial charge in [0.1, 0.15) is 0 Å². The van der Waals surface area contributed by atoms with Crippen molar-refractivity contribution in [2.75, 3.05) is 25.1 Å². The largest absolute Gasteiger partial charge is 0.315 e. The van der Waals surface area contributed by atoms with E-state index in [2.05, 4.69) is 42.9 Å². The van der Waals surface area contributed by atoms with Crippen LogP contribution in [0.5, 0.6) is 0 Å². The Balaban J connectivity index is 2.35. The summed E-state index contributed by atoms with van der Waals surface area (Å²) in [7, 11) is 0. The summed E-state index contributed by atoms with van der Waals surface area (Å²) in [6.45, 7) is 6.76. The Bertz CT molecular complexity index is 242. The molecule has 0 aliphatic heterocycles. The highest BCUT2D eigenvalue weighted by Gasteiger charge is 2.20. The van der Waals surface area contributed by atoms with E-state index < -0.39 is 0 Å². The fourth-order valence-corrected chi connectivity index (χ4v) is 2.53. The average molecular weight is 229 g/mol. The standard InChI is InChI=1S/C11H19NS2/c1-11(2,9-12-6-8-13-3)10-5-4-7-14-10/h4-5,7,12H,6,8-9H2,1-3H3. The van der Waals surface area contributed by atoms with Crippen molar-refractivity contribution in [1.29, 1.82) is 0 Å². The molecule has 0 unspecified atom stereocenters. The third-order valence-corrected chi connectivity index (χ3v) is 4.09. The Hall–Kier alpha value is 0.01000. The van der Waals surface area contributed by atoms with Crippen molar-refractivity contribution < 1.29 is 0 Å². The predicted molar refractivity (Wildman–Crippen MR) is 68.6 cm³/mol. The zero-order valence-electron chi connectivity index (χ0n) is 9.17. The molecule has 1 heterocycles. The molecule has 1 rings (SSSR count). The molecule has 0 radical (unpaired) electrons. The molecule has 3 heteroatoms. The van der Waals surface area contributed by atoms with E-state index >= 15 is 0 Å². The molecule has 0 saturated heterocycles. The van der Waals surface area contributed by atoms with E-state index in [1.807, 2.05) is 23.1 Å². The maximum Gasteiger partial charge on any atom is 0.0115 e. The van der Waals surface area contributed by atoms with E-state index in [0.717, 1.165) is 13.1 Å². The number of hydrogen-bond donors (Lipinski definition) is 1. The van der Waals surface area contributed by atoms with Gasteiger partial charge < -0.3 is 5.32 Å². The Morgan fingerprint density at radius 3 is 2.86 bits per heavy atom. The second-order valence-corrected chi connectivity index (χ2v) is 5.96. The van der Waals surface area contributed by atoms with Gasteiger partial charge >= 0.3 is 0 Å². The lowest BCUT2D eigenvalue weighted by atomic mass is 9.91. The Labute approximate surface area is 95.3 Å². The van der Waals surface area contributed by atoms with Gasteiger partial charge in [-0.15, -0.1) is 11.3 Å². The fraction of sp³-hybridized carbons (Fsp3) is 0.636. The van der Waals surface area contributed by atoms with Crippen LogP contribution in [0.15, 0.2) is 17.5 Å². The smallest absolute Gasteiger partial charge is 0.0115 e. The van der Waals surface area contributed by atoms with Crippen LogP contribution in [-0.2, 0) is 5.41 Å². The molecule has 0 atom stereocenters. The molecule has 0 aromatic carbocycles. The van der Waals surface area contributed by atoms with Crippen molar-refractivity contribution >= 4 is 23.1 Å². The third-order valence-electron chi connectivity index (χ3n) is 2.24. The number of thioether (sulfide) groups is 1. The van der Waals surface area contributed by atoms with Crippen molar-refractivity contribution in [2.24, 2.45) is 0 Å². The molecule has 0 amide bonds. The van der Waals surface area contributed by atoms with E-state index in [1.54, 1.807) is 0 Å². The topological polar surface area (TPSA) is 12.0 Å². The van der Waals surface area contributed by atoms with Gasteiger partial charge in [0.15, 0.2) is 0 Å². The van der Waals surface area contributed by atoms with Gasteiger partial charge in [0, 0.05) is 29.1 Å². The molecular weight excluding hydrogens is 210 g/mol. The molecule has 1 N–H and O–H groups in total. The summed E-state index contributed by atoms with van der Waals surface area (Å²) in [5, 5.41) is 5.65. The van der Waals surface area contributed by atoms with Crippen LogP contribution in [0.2, 0.25) is 0 Å². The summed E-state index contributed by atoms with van der Waals surface area (Å²) < 4.78 is 0. The summed E-state index contributed by atoms with van der Waals surface area (Å²) in [5.41, 5.74) is 0.270. The van der Waals surface area contributed by atoms with E-state index in [1.165, 1.54) is 10.6 Å². The normalized spacial score (nSPS) is 11.9. The van der Waals surface area contributed by atoms with Gasteiger partial charge in [-0.1, -0.05) is 19.9 Å². The second kappa shape index (κ2) is 5.79. The van der Waals surface area contributed by atoms with Crippen LogP contribution in [0.4, 0.5) is 0 Å². The molecule has 80 valence electrons. The lowest BCUT2D eigenvalue weighted by Crippen LogP contribution is -2.33. The highest BCUT2D eigenvalue weighted by molar-refractivity contribution is 7.98. The van der Waals surface area contributed by atoms with E-state index in [0.29, 0.717) is 0 Å². The summed E-state index contributed by atoms with van der Waals surface area (Å²) in [6, 6.07) is 4.35. The number of rotatable bonds is 6. The minimum atomic E-state index is 0.270. The molecule has 14 heavy (non-hydrogen) atoms. The molecule has 1 aromatic heterocycles. The van der Waals surface area contributed by atoms with Gasteiger partial charge in [-0.2, -0.15) is 11.8 Å². The molecule has 0 bridgehead atoms. The SMILES string of the molecule is CSCCNCC(C)(C)c1cccs1. The first-order chi connectivity index (χ1) is 6.67. The molecule has 1 aromatic rings. The van der Waals surface area contributed by atoms with Gasteiger partial charge in [-0.25, -0.2) is 0 Å². The minimum absolute atomic E-state index is 0.270. The average Bonchev–Trinajstić information content (AvgIpc) is 2.65. The lowest BCUT2D eigenvalue weighted by molar-refractivity contribution is 0.487.